The van der Waals surface area contributed by atoms with Gasteiger partial charge in [-0.2, -0.15) is 0 Å². The molecule has 0 aliphatic carbocycles. The number of hydrogen-bond donors (Lipinski definition) is 2. The van der Waals surface area contributed by atoms with Gasteiger partial charge in [0.15, 0.2) is 0 Å². The lowest BCUT2D eigenvalue weighted by Gasteiger charge is -2.24. The summed E-state index contributed by atoms with van der Waals surface area (Å²) in [7, 11) is 0. The fourth-order valence-electron chi connectivity index (χ4n) is 2.69. The van der Waals surface area contributed by atoms with Gasteiger partial charge >= 0.3 is 12.0 Å². The van der Waals surface area contributed by atoms with Crippen LogP contribution in [0, 0.1) is 13.8 Å². The molecule has 0 bridgehead atoms. The summed E-state index contributed by atoms with van der Waals surface area (Å²) in [6.45, 7) is 6.51. The molecule has 2 heterocycles. The number of carbonyl (C=O) groups is 2. The van der Waals surface area contributed by atoms with E-state index in [9.17, 15) is 9.59 Å². The Kier molecular flexibility index (Phi) is 4.32. The van der Waals surface area contributed by atoms with Gasteiger partial charge in [-0.1, -0.05) is 0 Å². The van der Waals surface area contributed by atoms with Crippen LogP contribution in [0.5, 0.6) is 0 Å². The molecule has 1 fully saturated rings. The standard InChI is InChI=1S/C14H20N2O3S/c1-8-7-11(10(3)20-8)9(2)15-14(19)16-6-4-5-12(16)13(17)18/h7,9,12H,4-6H2,1-3H3,(H,15,19)(H,17,18)/t9?,12-/m1/s1. The van der Waals surface area contributed by atoms with Gasteiger partial charge in [0.25, 0.3) is 0 Å². The maximum atomic E-state index is 12.2. The molecule has 110 valence electrons. The lowest BCUT2D eigenvalue weighted by molar-refractivity contribution is -0.141. The van der Waals surface area contributed by atoms with Crippen molar-refractivity contribution in [3.05, 3.63) is 21.4 Å². The summed E-state index contributed by atoms with van der Waals surface area (Å²) in [5, 5.41) is 12.0. The van der Waals surface area contributed by atoms with E-state index >= 15 is 0 Å². The number of nitrogens with zero attached hydrogens (tertiary/aromatic N) is 1. The van der Waals surface area contributed by atoms with Crippen molar-refractivity contribution in [1.82, 2.24) is 10.2 Å². The molecule has 0 radical (unpaired) electrons. The highest BCUT2D eigenvalue weighted by atomic mass is 32.1. The summed E-state index contributed by atoms with van der Waals surface area (Å²) >= 11 is 1.70. The third-order valence-electron chi connectivity index (χ3n) is 3.68. The van der Waals surface area contributed by atoms with Crippen molar-refractivity contribution in [3.63, 3.8) is 0 Å². The molecule has 2 amide bonds. The van der Waals surface area contributed by atoms with E-state index in [1.54, 1.807) is 11.3 Å². The monoisotopic (exact) mass is 296 g/mol. The molecule has 1 aromatic rings. The van der Waals surface area contributed by atoms with E-state index in [0.717, 1.165) is 12.0 Å². The van der Waals surface area contributed by atoms with Crippen molar-refractivity contribution in [2.75, 3.05) is 6.54 Å². The van der Waals surface area contributed by atoms with Gasteiger partial charge in [0.1, 0.15) is 6.04 Å². The van der Waals surface area contributed by atoms with Crippen LogP contribution in [0.3, 0.4) is 0 Å². The highest BCUT2D eigenvalue weighted by Gasteiger charge is 2.34. The molecule has 0 saturated carbocycles. The number of aryl methyl sites for hydroxylation is 2. The van der Waals surface area contributed by atoms with Crippen LogP contribution in [-0.2, 0) is 4.79 Å². The van der Waals surface area contributed by atoms with Crippen LogP contribution in [0.25, 0.3) is 0 Å². The molecule has 6 heteroatoms. The van der Waals surface area contributed by atoms with Crippen LogP contribution in [0.2, 0.25) is 0 Å². The maximum Gasteiger partial charge on any atom is 0.326 e. The second-order valence-electron chi connectivity index (χ2n) is 5.23. The number of carboxylic acids is 1. The average Bonchev–Trinajstić information content (AvgIpc) is 2.95. The summed E-state index contributed by atoms with van der Waals surface area (Å²) in [6, 6.07) is 0.990. The second kappa shape index (κ2) is 5.83. The molecule has 0 spiro atoms. The van der Waals surface area contributed by atoms with Crippen LogP contribution >= 0.6 is 11.3 Å². The molecule has 1 unspecified atom stereocenters. The number of hydrogen-bond acceptors (Lipinski definition) is 3. The number of urea groups is 1. The molecule has 1 aromatic heterocycles. The lowest BCUT2D eigenvalue weighted by Crippen LogP contribution is -2.46. The third-order valence-corrected chi connectivity index (χ3v) is 4.67. The van der Waals surface area contributed by atoms with E-state index < -0.39 is 12.0 Å². The largest absolute Gasteiger partial charge is 0.480 e. The molecular formula is C14H20N2O3S. The van der Waals surface area contributed by atoms with Gasteiger partial charge in [-0.05, 0) is 45.2 Å². The normalized spacial score (nSPS) is 19.9. The number of aliphatic carboxylic acids is 1. The first-order valence-electron chi connectivity index (χ1n) is 6.77. The summed E-state index contributed by atoms with van der Waals surface area (Å²) in [5.74, 6) is -0.923. The van der Waals surface area contributed by atoms with Gasteiger partial charge in [0, 0.05) is 16.3 Å². The maximum absolute atomic E-state index is 12.2. The Morgan fingerprint density at radius 2 is 2.20 bits per heavy atom. The number of amides is 2. The van der Waals surface area contributed by atoms with E-state index in [2.05, 4.69) is 11.4 Å². The molecule has 2 atom stereocenters. The molecule has 5 nitrogen and oxygen atoms in total. The first-order valence-corrected chi connectivity index (χ1v) is 7.58. The minimum atomic E-state index is -0.923. The molecule has 0 aromatic carbocycles. The van der Waals surface area contributed by atoms with Crippen molar-refractivity contribution >= 4 is 23.3 Å². The Hall–Kier alpha value is -1.56. The fourth-order valence-corrected chi connectivity index (χ4v) is 3.72. The van der Waals surface area contributed by atoms with E-state index in [1.807, 2.05) is 20.8 Å². The van der Waals surface area contributed by atoms with Gasteiger partial charge in [0.2, 0.25) is 0 Å². The summed E-state index contributed by atoms with van der Waals surface area (Å²) < 4.78 is 0. The number of likely N-dealkylation sites (tertiary alicyclic amines) is 1. The zero-order valence-corrected chi connectivity index (χ0v) is 12.8. The average molecular weight is 296 g/mol. The molecule has 2 rings (SSSR count). The second-order valence-corrected chi connectivity index (χ2v) is 6.69. The Morgan fingerprint density at radius 1 is 1.50 bits per heavy atom. The van der Waals surface area contributed by atoms with E-state index in [4.69, 9.17) is 5.11 Å². The number of carbonyl (C=O) groups excluding carboxylic acids is 1. The van der Waals surface area contributed by atoms with Crippen LogP contribution in [0.4, 0.5) is 4.79 Å². The summed E-state index contributed by atoms with van der Waals surface area (Å²) in [6.07, 6.45) is 1.28. The van der Waals surface area contributed by atoms with Gasteiger partial charge < -0.3 is 15.3 Å². The van der Waals surface area contributed by atoms with Gasteiger partial charge in [-0.25, -0.2) is 9.59 Å². The molecular weight excluding hydrogens is 276 g/mol. The van der Waals surface area contributed by atoms with Crippen molar-refractivity contribution in [2.24, 2.45) is 0 Å². The van der Waals surface area contributed by atoms with Crippen LogP contribution in [0.1, 0.15) is 41.1 Å². The predicted molar refractivity (Wildman–Crippen MR) is 78.1 cm³/mol. The van der Waals surface area contributed by atoms with E-state index in [-0.39, 0.29) is 12.1 Å². The van der Waals surface area contributed by atoms with Crippen molar-refractivity contribution in [3.8, 4) is 0 Å². The number of nitrogens with one attached hydrogen (secondary N) is 1. The molecule has 1 aliphatic heterocycles. The van der Waals surface area contributed by atoms with Crippen molar-refractivity contribution in [1.29, 1.82) is 0 Å². The van der Waals surface area contributed by atoms with Crippen molar-refractivity contribution in [2.45, 2.75) is 45.7 Å². The fraction of sp³-hybridized carbons (Fsp3) is 0.571. The highest BCUT2D eigenvalue weighted by molar-refractivity contribution is 7.12. The summed E-state index contributed by atoms with van der Waals surface area (Å²) in [4.78, 5) is 27.1. The minimum absolute atomic E-state index is 0.109. The van der Waals surface area contributed by atoms with Gasteiger partial charge in [-0.3, -0.25) is 0 Å². The Morgan fingerprint density at radius 3 is 2.75 bits per heavy atom. The predicted octanol–water partition coefficient (Wildman–Crippen LogP) is 2.68. The van der Waals surface area contributed by atoms with Crippen molar-refractivity contribution < 1.29 is 14.7 Å². The SMILES string of the molecule is Cc1cc(C(C)NC(=O)N2CCC[C@@H]2C(=O)O)c(C)s1. The first-order chi connectivity index (χ1) is 9.40. The Labute approximate surface area is 122 Å². The highest BCUT2D eigenvalue weighted by Crippen LogP contribution is 2.26. The zero-order valence-electron chi connectivity index (χ0n) is 12.0. The smallest absolute Gasteiger partial charge is 0.326 e. The quantitative estimate of drug-likeness (QED) is 0.901. The molecule has 20 heavy (non-hydrogen) atoms. The third kappa shape index (κ3) is 2.95. The number of rotatable bonds is 3. The zero-order chi connectivity index (χ0) is 14.9. The molecule has 1 saturated heterocycles. The molecule has 1 aliphatic rings. The van der Waals surface area contributed by atoms with Crippen LogP contribution < -0.4 is 5.32 Å². The van der Waals surface area contributed by atoms with Crippen LogP contribution in [0.15, 0.2) is 6.07 Å². The minimum Gasteiger partial charge on any atom is -0.480 e. The lowest BCUT2D eigenvalue weighted by atomic mass is 10.1. The Balaban J connectivity index is 2.04. The van der Waals surface area contributed by atoms with Gasteiger partial charge in [-0.15, -0.1) is 11.3 Å². The van der Waals surface area contributed by atoms with E-state index in [1.165, 1.54) is 14.7 Å². The van der Waals surface area contributed by atoms with E-state index in [0.29, 0.717) is 13.0 Å². The topological polar surface area (TPSA) is 69.6 Å². The van der Waals surface area contributed by atoms with Gasteiger partial charge in [0.05, 0.1) is 6.04 Å². The molecule has 2 N–H and O–H groups in total. The number of carboxylic acid groups (broad SMARTS) is 1. The Bertz CT molecular complexity index is 526. The first kappa shape index (κ1) is 14.8. The summed E-state index contributed by atoms with van der Waals surface area (Å²) in [5.41, 5.74) is 1.10. The number of thiophene rings is 1. The van der Waals surface area contributed by atoms with Crippen LogP contribution in [-0.4, -0.2) is 34.6 Å².